The summed E-state index contributed by atoms with van der Waals surface area (Å²) in [4.78, 5) is 0. The van der Waals surface area contributed by atoms with Gasteiger partial charge in [-0.15, -0.1) is 0 Å². The third-order valence-electron chi connectivity index (χ3n) is 2.54. The van der Waals surface area contributed by atoms with Crippen molar-refractivity contribution < 1.29 is 18.3 Å². The largest absolute Gasteiger partial charge is 0.495 e. The smallest absolute Gasteiger partial charge is 0.235 e. The first-order valence-electron chi connectivity index (χ1n) is 6.20. The highest BCUT2D eigenvalue weighted by molar-refractivity contribution is 7.93. The summed E-state index contributed by atoms with van der Waals surface area (Å²) < 4.78 is 31.4. The maximum atomic E-state index is 11.9. The van der Waals surface area contributed by atoms with Gasteiger partial charge in [0.1, 0.15) is 5.75 Å². The van der Waals surface area contributed by atoms with Crippen molar-refractivity contribution in [2.75, 3.05) is 18.4 Å². The van der Waals surface area contributed by atoms with Crippen molar-refractivity contribution in [3.05, 3.63) is 23.8 Å². The Morgan fingerprint density at radius 2 is 2.10 bits per heavy atom. The van der Waals surface area contributed by atoms with Gasteiger partial charge in [0.25, 0.3) is 0 Å². The molecule has 2 N–H and O–H groups in total. The Kier molecular flexibility index (Phi) is 5.86. The molecule has 1 rings (SSSR count). The maximum absolute atomic E-state index is 11.9. The van der Waals surface area contributed by atoms with Gasteiger partial charge in [0, 0.05) is 12.0 Å². The SMILES string of the molecule is COc1ccc(C#CCCO)cc1NS(=O)(=O)C(C)C. The van der Waals surface area contributed by atoms with E-state index in [1.807, 2.05) is 0 Å². The summed E-state index contributed by atoms with van der Waals surface area (Å²) in [5.74, 6) is 6.07. The van der Waals surface area contributed by atoms with Crippen LogP contribution in [0.15, 0.2) is 18.2 Å². The van der Waals surface area contributed by atoms with Crippen LogP contribution in [-0.4, -0.2) is 32.5 Å². The van der Waals surface area contributed by atoms with Gasteiger partial charge in [-0.25, -0.2) is 8.42 Å². The highest BCUT2D eigenvalue weighted by Crippen LogP contribution is 2.26. The summed E-state index contributed by atoms with van der Waals surface area (Å²) in [7, 11) is -1.97. The van der Waals surface area contributed by atoms with Crippen molar-refractivity contribution >= 4 is 15.7 Å². The predicted octanol–water partition coefficient (Wildman–Crippen LogP) is 1.58. The molecule has 20 heavy (non-hydrogen) atoms. The molecule has 0 aliphatic heterocycles. The second kappa shape index (κ2) is 7.17. The number of benzene rings is 1. The van der Waals surface area contributed by atoms with Crippen LogP contribution >= 0.6 is 0 Å². The van der Waals surface area contributed by atoms with E-state index in [4.69, 9.17) is 9.84 Å². The Balaban J connectivity index is 3.11. The third kappa shape index (κ3) is 4.44. The summed E-state index contributed by atoms with van der Waals surface area (Å²) in [5, 5.41) is 8.14. The minimum atomic E-state index is -3.44. The molecule has 0 atom stereocenters. The van der Waals surface area contributed by atoms with Gasteiger partial charge in [0.2, 0.25) is 10.0 Å². The van der Waals surface area contributed by atoms with Gasteiger partial charge < -0.3 is 9.84 Å². The molecule has 5 nitrogen and oxygen atoms in total. The van der Waals surface area contributed by atoms with Gasteiger partial charge in [-0.2, -0.15) is 0 Å². The van der Waals surface area contributed by atoms with Crippen molar-refractivity contribution in [1.29, 1.82) is 0 Å². The van der Waals surface area contributed by atoms with E-state index < -0.39 is 15.3 Å². The van der Waals surface area contributed by atoms with Crippen LogP contribution in [0.3, 0.4) is 0 Å². The second-order valence-electron chi connectivity index (χ2n) is 4.39. The summed E-state index contributed by atoms with van der Waals surface area (Å²) in [6.45, 7) is 3.19. The van der Waals surface area contributed by atoms with Gasteiger partial charge in [0.05, 0.1) is 24.7 Å². The number of rotatable bonds is 5. The molecule has 0 saturated carbocycles. The Morgan fingerprint density at radius 1 is 1.40 bits per heavy atom. The molecule has 0 aliphatic rings. The molecule has 1 aromatic rings. The van der Waals surface area contributed by atoms with Gasteiger partial charge in [0.15, 0.2) is 0 Å². The van der Waals surface area contributed by atoms with Gasteiger partial charge in [-0.05, 0) is 32.0 Å². The van der Waals surface area contributed by atoms with Gasteiger partial charge in [-0.1, -0.05) is 11.8 Å². The maximum Gasteiger partial charge on any atom is 0.235 e. The number of hydrogen-bond acceptors (Lipinski definition) is 4. The molecule has 6 heteroatoms. The van der Waals surface area contributed by atoms with Crippen molar-refractivity contribution in [3.63, 3.8) is 0 Å². The van der Waals surface area contributed by atoms with Crippen molar-refractivity contribution in [2.24, 2.45) is 0 Å². The molecule has 0 aromatic heterocycles. The predicted molar refractivity (Wildman–Crippen MR) is 79.3 cm³/mol. The molecule has 0 unspecified atom stereocenters. The van der Waals surface area contributed by atoms with E-state index in [0.29, 0.717) is 23.4 Å². The number of aliphatic hydroxyl groups excluding tert-OH is 1. The average Bonchev–Trinajstić information content (AvgIpc) is 2.39. The Bertz CT molecular complexity index is 612. The number of ether oxygens (including phenoxy) is 1. The Morgan fingerprint density at radius 3 is 2.65 bits per heavy atom. The van der Waals surface area contributed by atoms with Crippen LogP contribution in [0.4, 0.5) is 5.69 Å². The fourth-order valence-electron chi connectivity index (χ4n) is 1.36. The summed E-state index contributed by atoms with van der Waals surface area (Å²) in [5.41, 5.74) is 1.01. The van der Waals surface area contributed by atoms with E-state index >= 15 is 0 Å². The lowest BCUT2D eigenvalue weighted by Crippen LogP contribution is -2.22. The van der Waals surface area contributed by atoms with Crippen LogP contribution in [-0.2, 0) is 10.0 Å². The summed E-state index contributed by atoms with van der Waals surface area (Å²) >= 11 is 0. The molecule has 0 spiro atoms. The minimum Gasteiger partial charge on any atom is -0.495 e. The number of methoxy groups -OCH3 is 1. The van der Waals surface area contributed by atoms with Crippen molar-refractivity contribution in [3.8, 4) is 17.6 Å². The van der Waals surface area contributed by atoms with Crippen LogP contribution in [0.1, 0.15) is 25.8 Å². The number of hydrogen-bond donors (Lipinski definition) is 2. The highest BCUT2D eigenvalue weighted by Gasteiger charge is 2.17. The summed E-state index contributed by atoms with van der Waals surface area (Å²) in [6, 6.07) is 5.00. The zero-order chi connectivity index (χ0) is 15.2. The zero-order valence-electron chi connectivity index (χ0n) is 11.8. The second-order valence-corrected chi connectivity index (χ2v) is 6.62. The monoisotopic (exact) mass is 297 g/mol. The fourth-order valence-corrected chi connectivity index (χ4v) is 2.06. The van der Waals surface area contributed by atoms with Gasteiger partial charge in [-0.3, -0.25) is 4.72 Å². The lowest BCUT2D eigenvalue weighted by molar-refractivity contribution is 0.305. The molecule has 0 amide bonds. The van der Waals surface area contributed by atoms with Crippen LogP contribution in [0.25, 0.3) is 0 Å². The molecule has 0 radical (unpaired) electrons. The molecule has 110 valence electrons. The molecule has 1 aromatic carbocycles. The molecule has 0 bridgehead atoms. The van der Waals surface area contributed by atoms with E-state index in [9.17, 15) is 8.42 Å². The number of anilines is 1. The number of nitrogens with one attached hydrogen (secondary N) is 1. The number of aliphatic hydroxyl groups is 1. The third-order valence-corrected chi connectivity index (χ3v) is 4.29. The van der Waals surface area contributed by atoms with Gasteiger partial charge >= 0.3 is 0 Å². The topological polar surface area (TPSA) is 75.6 Å². The molecular weight excluding hydrogens is 278 g/mol. The Labute approximate surface area is 120 Å². The molecule has 0 saturated heterocycles. The van der Waals surface area contributed by atoms with Crippen LogP contribution in [0, 0.1) is 11.8 Å². The van der Waals surface area contributed by atoms with Crippen molar-refractivity contribution in [2.45, 2.75) is 25.5 Å². The average molecular weight is 297 g/mol. The first-order valence-corrected chi connectivity index (χ1v) is 7.74. The van der Waals surface area contributed by atoms with E-state index in [0.717, 1.165) is 0 Å². The van der Waals surface area contributed by atoms with E-state index in [-0.39, 0.29) is 6.61 Å². The Hall–Kier alpha value is -1.71. The lowest BCUT2D eigenvalue weighted by Gasteiger charge is -2.14. The molecule has 0 fully saturated rings. The van der Waals surface area contributed by atoms with E-state index in [2.05, 4.69) is 16.6 Å². The van der Waals surface area contributed by atoms with E-state index in [1.165, 1.54) is 7.11 Å². The van der Waals surface area contributed by atoms with E-state index in [1.54, 1.807) is 32.0 Å². The van der Waals surface area contributed by atoms with Crippen molar-refractivity contribution in [1.82, 2.24) is 0 Å². The molecular formula is C14H19NO4S. The normalized spacial score (nSPS) is 10.8. The lowest BCUT2D eigenvalue weighted by atomic mass is 10.2. The quantitative estimate of drug-likeness (QED) is 0.809. The first kappa shape index (κ1) is 16.3. The standard InChI is InChI=1S/C14H19NO4S/c1-11(2)20(17,18)15-13-10-12(6-4-5-9-16)7-8-14(13)19-3/h7-8,10-11,15-16H,5,9H2,1-3H3. The van der Waals surface area contributed by atoms with Crippen LogP contribution < -0.4 is 9.46 Å². The minimum absolute atomic E-state index is 0.00398. The molecule has 0 heterocycles. The fraction of sp³-hybridized carbons (Fsp3) is 0.429. The zero-order valence-corrected chi connectivity index (χ0v) is 12.6. The molecule has 0 aliphatic carbocycles. The van der Waals surface area contributed by atoms with Crippen LogP contribution in [0.2, 0.25) is 0 Å². The highest BCUT2D eigenvalue weighted by atomic mass is 32.2. The number of sulfonamides is 1. The first-order chi connectivity index (χ1) is 9.40. The van der Waals surface area contributed by atoms with Crippen LogP contribution in [0.5, 0.6) is 5.75 Å². The summed E-state index contributed by atoms with van der Waals surface area (Å²) in [6.07, 6.45) is 0.374.